The van der Waals surface area contributed by atoms with Crippen LogP contribution in [0.2, 0.25) is 0 Å². The summed E-state index contributed by atoms with van der Waals surface area (Å²) in [5.74, 6) is 0. The van der Waals surface area contributed by atoms with Crippen LogP contribution in [-0.4, -0.2) is 50.0 Å². The highest BCUT2D eigenvalue weighted by Crippen LogP contribution is 2.29. The molecule has 2 heterocycles. The highest BCUT2D eigenvalue weighted by Gasteiger charge is 2.23. The molecule has 2 rings (SSSR count). The number of aromatic nitrogens is 3. The molecule has 0 aromatic carbocycles. The number of carbonyl (C=O) groups is 1. The third-order valence-electron chi connectivity index (χ3n) is 3.69. The third kappa shape index (κ3) is 5.44. The Balaban J connectivity index is 2.39. The lowest BCUT2D eigenvalue weighted by molar-refractivity contribution is 0.0504. The van der Waals surface area contributed by atoms with Crippen molar-refractivity contribution in [3.8, 4) is 11.4 Å². The SMILES string of the molecule is [B]C([B])([B])n1ncc(N)c1-c1cc([C@H](CC=C)NC(=O)OC(C)(C)C)ccn1. The fraction of sp³-hybridized carbons (Fsp3) is 0.389. The molecule has 1 atom stereocenters. The number of anilines is 1. The second-order valence-corrected chi connectivity index (χ2v) is 7.45. The van der Waals surface area contributed by atoms with Crippen LogP contribution in [0.25, 0.3) is 11.4 Å². The fourth-order valence-corrected chi connectivity index (χ4v) is 2.60. The first kappa shape index (κ1) is 21.7. The summed E-state index contributed by atoms with van der Waals surface area (Å²) in [6, 6.07) is 3.14. The highest BCUT2D eigenvalue weighted by atomic mass is 16.6. The Bertz CT molecular complexity index is 856. The number of nitrogens with two attached hydrogens (primary N) is 1. The highest BCUT2D eigenvalue weighted by molar-refractivity contribution is 6.56. The smallest absolute Gasteiger partial charge is 0.408 e. The number of rotatable bonds is 6. The first-order chi connectivity index (χ1) is 12.9. The molecule has 2 aromatic rings. The second-order valence-electron chi connectivity index (χ2n) is 7.45. The number of hydrogen-bond donors (Lipinski definition) is 2. The van der Waals surface area contributed by atoms with Crippen LogP contribution in [0.15, 0.2) is 37.2 Å². The zero-order valence-electron chi connectivity index (χ0n) is 16.3. The number of hydrogen-bond acceptors (Lipinski definition) is 5. The topological polar surface area (TPSA) is 95.1 Å². The van der Waals surface area contributed by atoms with Crippen molar-refractivity contribution in [2.45, 2.75) is 44.1 Å². The van der Waals surface area contributed by atoms with Crippen molar-refractivity contribution < 1.29 is 9.53 Å². The predicted molar refractivity (Wildman–Crippen MR) is 112 cm³/mol. The van der Waals surface area contributed by atoms with Gasteiger partial charge in [0, 0.05) is 6.20 Å². The zero-order chi connectivity index (χ0) is 21.1. The second kappa shape index (κ2) is 8.16. The standard InChI is InChI=1S/C18H22B3N5O2/c1-5-6-13(25-16(27)28-17(2,3)4)11-7-8-23-14(9-11)15-12(22)10-24-26(15)18(19,20)21/h5,7-10,13H,1,6,22H2,2-4H3,(H,25,27)/t13-/m0/s1. The Morgan fingerprint density at radius 2 is 2.11 bits per heavy atom. The molecule has 6 radical (unpaired) electrons. The summed E-state index contributed by atoms with van der Waals surface area (Å²) in [4.78, 5) is 16.5. The van der Waals surface area contributed by atoms with Gasteiger partial charge < -0.3 is 15.8 Å². The van der Waals surface area contributed by atoms with Crippen molar-refractivity contribution in [1.82, 2.24) is 20.1 Å². The first-order valence-electron chi connectivity index (χ1n) is 8.69. The molecule has 3 N–H and O–H groups in total. The molecule has 0 aliphatic heterocycles. The van der Waals surface area contributed by atoms with Gasteiger partial charge in [0.1, 0.15) is 11.3 Å². The zero-order valence-corrected chi connectivity index (χ0v) is 16.3. The molecule has 0 bridgehead atoms. The molecule has 10 heteroatoms. The van der Waals surface area contributed by atoms with E-state index in [2.05, 4.69) is 22.0 Å². The first-order valence-corrected chi connectivity index (χ1v) is 8.69. The van der Waals surface area contributed by atoms with E-state index in [-0.39, 0.29) is 6.04 Å². The van der Waals surface area contributed by atoms with Crippen molar-refractivity contribution in [3.05, 3.63) is 42.7 Å². The number of nitrogens with one attached hydrogen (secondary N) is 1. The lowest BCUT2D eigenvalue weighted by Crippen LogP contribution is -2.36. The summed E-state index contributed by atoms with van der Waals surface area (Å²) in [5, 5.41) is 5.12. The van der Waals surface area contributed by atoms with E-state index in [9.17, 15) is 4.79 Å². The number of ether oxygens (including phenoxy) is 1. The Kier molecular flexibility index (Phi) is 6.32. The molecule has 1 amide bonds. The largest absolute Gasteiger partial charge is 0.444 e. The molecule has 2 aromatic heterocycles. The van der Waals surface area contributed by atoms with Gasteiger partial charge in [-0.2, -0.15) is 5.10 Å². The molecule has 0 fully saturated rings. The third-order valence-corrected chi connectivity index (χ3v) is 3.69. The van der Waals surface area contributed by atoms with Crippen molar-refractivity contribution in [2.75, 3.05) is 5.73 Å². The number of pyridine rings is 1. The van der Waals surface area contributed by atoms with Gasteiger partial charge in [0.25, 0.3) is 0 Å². The molecule has 0 aliphatic rings. The van der Waals surface area contributed by atoms with E-state index in [4.69, 9.17) is 34.0 Å². The maximum atomic E-state index is 12.2. The number of alkyl carbamates (subject to hydrolysis) is 1. The number of amides is 1. The molecular weight excluding hydrogens is 351 g/mol. The summed E-state index contributed by atoms with van der Waals surface area (Å²) >= 11 is 0. The predicted octanol–water partition coefficient (Wildman–Crippen LogP) is 1.74. The van der Waals surface area contributed by atoms with Gasteiger partial charge in [-0.15, -0.1) is 6.58 Å². The quantitative estimate of drug-likeness (QED) is 0.595. The molecule has 140 valence electrons. The minimum absolute atomic E-state index is 0.316. The summed E-state index contributed by atoms with van der Waals surface area (Å²) < 4.78 is 6.53. The minimum Gasteiger partial charge on any atom is -0.444 e. The Morgan fingerprint density at radius 1 is 1.43 bits per heavy atom. The van der Waals surface area contributed by atoms with Crippen LogP contribution in [0.5, 0.6) is 0 Å². The number of nitrogen functional groups attached to an aromatic ring is 1. The van der Waals surface area contributed by atoms with Gasteiger partial charge in [-0.1, -0.05) is 6.08 Å². The average molecular weight is 373 g/mol. The molecule has 0 spiro atoms. The molecule has 28 heavy (non-hydrogen) atoms. The van der Waals surface area contributed by atoms with E-state index >= 15 is 0 Å². The molecule has 0 saturated heterocycles. The van der Waals surface area contributed by atoms with Crippen molar-refractivity contribution in [1.29, 1.82) is 0 Å². The fourth-order valence-electron chi connectivity index (χ4n) is 2.60. The van der Waals surface area contributed by atoms with Gasteiger partial charge in [0.05, 0.1) is 47.2 Å². The van der Waals surface area contributed by atoms with Crippen LogP contribution in [0, 0.1) is 0 Å². The lowest BCUT2D eigenvalue weighted by Gasteiger charge is -2.25. The van der Waals surface area contributed by atoms with Gasteiger partial charge in [-0.3, -0.25) is 9.67 Å². The molecule has 0 unspecified atom stereocenters. The van der Waals surface area contributed by atoms with E-state index in [1.165, 1.54) is 10.9 Å². The summed E-state index contributed by atoms with van der Waals surface area (Å²) in [7, 11) is 17.3. The van der Waals surface area contributed by atoms with Crippen molar-refractivity contribution >= 4 is 35.3 Å². The van der Waals surface area contributed by atoms with Crippen LogP contribution >= 0.6 is 0 Å². The van der Waals surface area contributed by atoms with E-state index in [0.29, 0.717) is 23.5 Å². The normalized spacial score (nSPS) is 13.0. The van der Waals surface area contributed by atoms with Crippen LogP contribution in [0.1, 0.15) is 38.8 Å². The molecular formula is C18H22B3N5O2. The Morgan fingerprint density at radius 3 is 2.68 bits per heavy atom. The van der Waals surface area contributed by atoms with Crippen LogP contribution < -0.4 is 11.1 Å². The van der Waals surface area contributed by atoms with E-state index in [1.54, 1.807) is 45.2 Å². The van der Waals surface area contributed by atoms with Crippen molar-refractivity contribution in [3.63, 3.8) is 0 Å². The van der Waals surface area contributed by atoms with Crippen LogP contribution in [-0.2, 0) is 9.97 Å². The van der Waals surface area contributed by atoms with Gasteiger partial charge in [0.2, 0.25) is 0 Å². The van der Waals surface area contributed by atoms with E-state index in [0.717, 1.165) is 5.56 Å². The van der Waals surface area contributed by atoms with Gasteiger partial charge in [-0.05, 0) is 50.1 Å². The van der Waals surface area contributed by atoms with Gasteiger partial charge >= 0.3 is 6.09 Å². The van der Waals surface area contributed by atoms with E-state index in [1.807, 2.05) is 0 Å². The van der Waals surface area contributed by atoms with Crippen LogP contribution in [0.3, 0.4) is 0 Å². The maximum Gasteiger partial charge on any atom is 0.408 e. The lowest BCUT2D eigenvalue weighted by atomic mass is 9.49. The van der Waals surface area contributed by atoms with Gasteiger partial charge in [0.15, 0.2) is 0 Å². The summed E-state index contributed by atoms with van der Waals surface area (Å²) in [6.45, 7) is 9.13. The number of carbonyl (C=O) groups excluding carboxylic acids is 1. The minimum atomic E-state index is -1.75. The molecule has 7 nitrogen and oxygen atoms in total. The monoisotopic (exact) mass is 373 g/mol. The maximum absolute atomic E-state index is 12.2. The van der Waals surface area contributed by atoms with Gasteiger partial charge in [-0.25, -0.2) is 4.79 Å². The summed E-state index contributed by atoms with van der Waals surface area (Å²) in [6.07, 6.45) is 4.62. The Hall–Kier alpha value is -2.64. The van der Waals surface area contributed by atoms with E-state index < -0.39 is 16.9 Å². The Labute approximate surface area is 169 Å². The molecule has 0 aliphatic carbocycles. The van der Waals surface area contributed by atoms with Crippen molar-refractivity contribution in [2.24, 2.45) is 0 Å². The number of nitrogens with zero attached hydrogens (tertiary/aromatic N) is 3. The molecule has 0 saturated carbocycles. The average Bonchev–Trinajstić information content (AvgIpc) is 2.95. The summed E-state index contributed by atoms with van der Waals surface area (Å²) in [5.41, 5.74) is 7.31. The van der Waals surface area contributed by atoms with Crippen LogP contribution in [0.4, 0.5) is 10.5 Å².